The van der Waals surface area contributed by atoms with Crippen molar-refractivity contribution in [3.8, 4) is 28.4 Å². The van der Waals surface area contributed by atoms with Crippen molar-refractivity contribution in [3.05, 3.63) is 36.5 Å². The quantitative estimate of drug-likeness (QED) is 0.698. The summed E-state index contributed by atoms with van der Waals surface area (Å²) in [6.45, 7) is 0. The number of benzene rings is 1. The van der Waals surface area contributed by atoms with Gasteiger partial charge in [-0.1, -0.05) is 6.07 Å². The molecule has 0 saturated carbocycles. The third-order valence-electron chi connectivity index (χ3n) is 2.88. The zero-order valence-corrected chi connectivity index (χ0v) is 10.7. The van der Waals surface area contributed by atoms with Gasteiger partial charge in [0, 0.05) is 23.5 Å². The highest BCUT2D eigenvalue weighted by Crippen LogP contribution is 2.32. The van der Waals surface area contributed by atoms with Crippen LogP contribution < -0.4 is 10.5 Å². The summed E-state index contributed by atoms with van der Waals surface area (Å²) < 4.78 is 5.15. The molecule has 2 aromatic heterocycles. The van der Waals surface area contributed by atoms with Gasteiger partial charge in [-0.25, -0.2) is 4.98 Å². The van der Waals surface area contributed by atoms with Crippen LogP contribution in [0.2, 0.25) is 0 Å². The zero-order valence-electron chi connectivity index (χ0n) is 10.7. The first-order valence-corrected chi connectivity index (χ1v) is 5.91. The fourth-order valence-corrected chi connectivity index (χ4v) is 1.96. The predicted molar refractivity (Wildman–Crippen MR) is 73.8 cm³/mol. The molecule has 0 unspecified atom stereocenters. The summed E-state index contributed by atoms with van der Waals surface area (Å²) in [5.41, 5.74) is 9.15. The maximum absolute atomic E-state index is 5.84. The molecule has 3 N–H and O–H groups in total. The number of aromatic nitrogens is 5. The molecule has 3 aromatic rings. The van der Waals surface area contributed by atoms with Crippen molar-refractivity contribution in [3.63, 3.8) is 0 Å². The smallest absolute Gasteiger partial charge is 0.213 e. The van der Waals surface area contributed by atoms with Crippen molar-refractivity contribution in [2.45, 2.75) is 0 Å². The number of pyridine rings is 1. The molecule has 0 atom stereocenters. The van der Waals surface area contributed by atoms with Crippen LogP contribution in [0.15, 0.2) is 36.5 Å². The van der Waals surface area contributed by atoms with Crippen molar-refractivity contribution >= 4 is 5.69 Å². The Morgan fingerprint density at radius 1 is 1.15 bits per heavy atom. The van der Waals surface area contributed by atoms with Gasteiger partial charge in [0.1, 0.15) is 0 Å². The molecule has 7 heteroatoms. The molecule has 0 saturated heterocycles. The molecule has 7 nitrogen and oxygen atoms in total. The number of nitrogen functional groups attached to an aromatic ring is 1. The molecule has 0 amide bonds. The molecule has 0 spiro atoms. The average Bonchev–Trinajstić information content (AvgIpc) is 3.01. The maximum Gasteiger partial charge on any atom is 0.213 e. The molecule has 0 aliphatic rings. The van der Waals surface area contributed by atoms with Crippen LogP contribution in [0.25, 0.3) is 22.5 Å². The Balaban J connectivity index is 2.18. The lowest BCUT2D eigenvalue weighted by molar-refractivity contribution is 0.398. The van der Waals surface area contributed by atoms with E-state index in [9.17, 15) is 0 Å². The Hall–Kier alpha value is -2.96. The normalized spacial score (nSPS) is 10.4. The Morgan fingerprint density at radius 3 is 2.80 bits per heavy atom. The first-order chi connectivity index (χ1) is 9.78. The number of aromatic amines is 1. The number of ether oxygens (including phenoxy) is 1. The van der Waals surface area contributed by atoms with Crippen LogP contribution in [-0.4, -0.2) is 32.7 Å². The van der Waals surface area contributed by atoms with Crippen molar-refractivity contribution in [2.24, 2.45) is 0 Å². The van der Waals surface area contributed by atoms with Gasteiger partial charge in [-0.3, -0.25) is 0 Å². The number of hydrogen-bond acceptors (Lipinski definition) is 6. The summed E-state index contributed by atoms with van der Waals surface area (Å²) in [5, 5.41) is 14.0. The monoisotopic (exact) mass is 268 g/mol. The number of nitrogens with zero attached hydrogens (tertiary/aromatic N) is 4. The number of tetrazole rings is 1. The van der Waals surface area contributed by atoms with Crippen LogP contribution in [0.4, 0.5) is 5.69 Å². The number of rotatable bonds is 3. The highest BCUT2D eigenvalue weighted by molar-refractivity contribution is 5.82. The third-order valence-corrected chi connectivity index (χ3v) is 2.88. The minimum Gasteiger partial charge on any atom is -0.481 e. The summed E-state index contributed by atoms with van der Waals surface area (Å²) in [7, 11) is 1.58. The van der Waals surface area contributed by atoms with Crippen LogP contribution in [0.5, 0.6) is 5.88 Å². The average molecular weight is 268 g/mol. The maximum atomic E-state index is 5.84. The Morgan fingerprint density at radius 2 is 2.05 bits per heavy atom. The molecule has 20 heavy (non-hydrogen) atoms. The fourth-order valence-electron chi connectivity index (χ4n) is 1.96. The summed E-state index contributed by atoms with van der Waals surface area (Å²) in [5.74, 6) is 1.03. The fraction of sp³-hybridized carbons (Fsp3) is 0.0769. The molecule has 0 aliphatic heterocycles. The van der Waals surface area contributed by atoms with Gasteiger partial charge in [-0.05, 0) is 34.5 Å². The van der Waals surface area contributed by atoms with Gasteiger partial charge in [-0.15, -0.1) is 10.2 Å². The lowest BCUT2D eigenvalue weighted by Gasteiger charge is -2.09. The number of methoxy groups -OCH3 is 1. The second-order valence-electron chi connectivity index (χ2n) is 4.13. The summed E-state index contributed by atoms with van der Waals surface area (Å²) >= 11 is 0. The van der Waals surface area contributed by atoms with E-state index in [1.807, 2.05) is 30.3 Å². The molecule has 100 valence electrons. The SMILES string of the molecule is COc1cc(-c2ccc(N)cc2-c2nn[nH]n2)ccn1. The largest absolute Gasteiger partial charge is 0.481 e. The van der Waals surface area contributed by atoms with Gasteiger partial charge in [0.15, 0.2) is 0 Å². The van der Waals surface area contributed by atoms with Crippen molar-refractivity contribution in [2.75, 3.05) is 12.8 Å². The molecule has 2 heterocycles. The molecule has 0 fully saturated rings. The van der Waals surface area contributed by atoms with E-state index in [2.05, 4.69) is 25.6 Å². The minimum atomic E-state index is 0.489. The van der Waals surface area contributed by atoms with Gasteiger partial charge < -0.3 is 10.5 Å². The van der Waals surface area contributed by atoms with Gasteiger partial charge in [0.2, 0.25) is 11.7 Å². The second-order valence-corrected chi connectivity index (χ2v) is 4.13. The van der Waals surface area contributed by atoms with Crippen LogP contribution in [-0.2, 0) is 0 Å². The number of H-pyrrole nitrogens is 1. The van der Waals surface area contributed by atoms with E-state index in [1.165, 1.54) is 0 Å². The van der Waals surface area contributed by atoms with E-state index < -0.39 is 0 Å². The van der Waals surface area contributed by atoms with Crippen LogP contribution >= 0.6 is 0 Å². The highest BCUT2D eigenvalue weighted by Gasteiger charge is 2.12. The van der Waals surface area contributed by atoms with E-state index in [1.54, 1.807) is 13.3 Å². The van der Waals surface area contributed by atoms with Crippen LogP contribution in [0.3, 0.4) is 0 Å². The van der Waals surface area contributed by atoms with Gasteiger partial charge >= 0.3 is 0 Å². The second kappa shape index (κ2) is 4.96. The van der Waals surface area contributed by atoms with Crippen LogP contribution in [0.1, 0.15) is 0 Å². The minimum absolute atomic E-state index is 0.489. The summed E-state index contributed by atoms with van der Waals surface area (Å²) in [6, 6.07) is 9.28. The predicted octanol–water partition coefficient (Wildman–Crippen LogP) is 1.52. The van der Waals surface area contributed by atoms with Gasteiger partial charge in [-0.2, -0.15) is 5.21 Å². The van der Waals surface area contributed by atoms with E-state index >= 15 is 0 Å². The van der Waals surface area contributed by atoms with E-state index in [0.29, 0.717) is 17.4 Å². The summed E-state index contributed by atoms with van der Waals surface area (Å²) in [4.78, 5) is 4.10. The zero-order chi connectivity index (χ0) is 13.9. The van der Waals surface area contributed by atoms with E-state index in [-0.39, 0.29) is 0 Å². The molecular formula is C13H12N6O. The standard InChI is InChI=1S/C13H12N6O/c1-20-12-6-8(4-5-15-12)10-3-2-9(14)7-11(10)13-16-18-19-17-13/h2-7H,14H2,1H3,(H,16,17,18,19). The first-order valence-electron chi connectivity index (χ1n) is 5.91. The summed E-state index contributed by atoms with van der Waals surface area (Å²) in [6.07, 6.45) is 1.69. The number of nitrogens with one attached hydrogen (secondary N) is 1. The number of hydrogen-bond donors (Lipinski definition) is 2. The first kappa shape index (κ1) is 12.1. The number of anilines is 1. The van der Waals surface area contributed by atoms with Gasteiger partial charge in [0.05, 0.1) is 7.11 Å². The van der Waals surface area contributed by atoms with E-state index in [0.717, 1.165) is 16.7 Å². The van der Waals surface area contributed by atoms with Gasteiger partial charge in [0.25, 0.3) is 0 Å². The molecule has 0 bridgehead atoms. The van der Waals surface area contributed by atoms with Crippen molar-refractivity contribution < 1.29 is 4.74 Å². The Labute approximate surface area is 114 Å². The molecule has 0 aliphatic carbocycles. The van der Waals surface area contributed by atoms with Crippen molar-refractivity contribution in [1.29, 1.82) is 0 Å². The van der Waals surface area contributed by atoms with Crippen LogP contribution in [0, 0.1) is 0 Å². The lowest BCUT2D eigenvalue weighted by Crippen LogP contribution is -1.93. The van der Waals surface area contributed by atoms with E-state index in [4.69, 9.17) is 10.5 Å². The topological polar surface area (TPSA) is 103 Å². The Bertz CT molecular complexity index is 725. The number of nitrogens with two attached hydrogens (primary N) is 1. The lowest BCUT2D eigenvalue weighted by atomic mass is 9.99. The molecule has 1 aromatic carbocycles. The molecule has 0 radical (unpaired) electrons. The highest BCUT2D eigenvalue weighted by atomic mass is 16.5. The molecule has 3 rings (SSSR count). The van der Waals surface area contributed by atoms with Crippen molar-refractivity contribution in [1.82, 2.24) is 25.6 Å². The third kappa shape index (κ3) is 2.16. The molecular weight excluding hydrogens is 256 g/mol. The Kier molecular flexibility index (Phi) is 3.00.